The highest BCUT2D eigenvalue weighted by Gasteiger charge is 2.16. The molecule has 5 rings (SSSR count). The van der Waals surface area contributed by atoms with E-state index in [0.29, 0.717) is 0 Å². The van der Waals surface area contributed by atoms with Crippen molar-refractivity contribution in [3.63, 3.8) is 0 Å². The van der Waals surface area contributed by atoms with Crippen LogP contribution in [0.25, 0.3) is 41.6 Å². The second-order valence-corrected chi connectivity index (χ2v) is 7.76. The minimum absolute atomic E-state index is 0.235. The molecular weight excluding hydrogens is 348 g/mol. The first kappa shape index (κ1) is 14.6. The zero-order valence-corrected chi connectivity index (χ0v) is 14.6. The second-order valence-electron chi connectivity index (χ2n) is 5.70. The van der Waals surface area contributed by atoms with E-state index in [1.165, 1.54) is 0 Å². The number of thiazole rings is 2. The number of para-hydroxylation sites is 2. The molecule has 5 aromatic rings. The van der Waals surface area contributed by atoms with Crippen molar-refractivity contribution in [2.75, 3.05) is 0 Å². The third-order valence-corrected chi connectivity index (χ3v) is 6.19. The van der Waals surface area contributed by atoms with Crippen molar-refractivity contribution >= 4 is 43.1 Å². The molecule has 5 heteroatoms. The highest BCUT2D eigenvalue weighted by Crippen LogP contribution is 2.40. The van der Waals surface area contributed by atoms with Gasteiger partial charge in [-0.3, -0.25) is 0 Å². The summed E-state index contributed by atoms with van der Waals surface area (Å²) in [6.45, 7) is 0. The van der Waals surface area contributed by atoms with Crippen molar-refractivity contribution in [1.29, 1.82) is 0 Å². The number of phenols is 1. The molecule has 1 N–H and O–H groups in total. The predicted molar refractivity (Wildman–Crippen MR) is 105 cm³/mol. The lowest BCUT2D eigenvalue weighted by molar-refractivity contribution is 0.475. The van der Waals surface area contributed by atoms with Crippen molar-refractivity contribution in [1.82, 2.24) is 9.97 Å². The average molecular weight is 360 g/mol. The summed E-state index contributed by atoms with van der Waals surface area (Å²) in [5.74, 6) is 0.235. The Kier molecular flexibility index (Phi) is 3.29. The van der Waals surface area contributed by atoms with Gasteiger partial charge in [-0.1, -0.05) is 24.3 Å². The summed E-state index contributed by atoms with van der Waals surface area (Å²) in [6, 6.07) is 21.6. The fraction of sp³-hybridized carbons (Fsp3) is 0. The molecule has 0 radical (unpaired) electrons. The molecule has 2 heterocycles. The molecule has 25 heavy (non-hydrogen) atoms. The van der Waals surface area contributed by atoms with E-state index >= 15 is 0 Å². The first-order chi connectivity index (χ1) is 12.3. The largest absolute Gasteiger partial charge is 0.508 e. The summed E-state index contributed by atoms with van der Waals surface area (Å²) in [5.41, 5.74) is 3.88. The van der Waals surface area contributed by atoms with Gasteiger partial charge >= 0.3 is 0 Å². The first-order valence-corrected chi connectivity index (χ1v) is 9.46. The van der Waals surface area contributed by atoms with E-state index in [4.69, 9.17) is 9.97 Å². The highest BCUT2D eigenvalue weighted by molar-refractivity contribution is 7.22. The second kappa shape index (κ2) is 5.65. The van der Waals surface area contributed by atoms with Gasteiger partial charge in [-0.05, 0) is 42.5 Å². The van der Waals surface area contributed by atoms with Gasteiger partial charge in [-0.15, -0.1) is 22.7 Å². The number of benzene rings is 3. The van der Waals surface area contributed by atoms with Crippen LogP contribution >= 0.6 is 22.7 Å². The molecule has 0 spiro atoms. The number of rotatable bonds is 2. The van der Waals surface area contributed by atoms with Crippen LogP contribution in [0.5, 0.6) is 5.75 Å². The third-order valence-electron chi connectivity index (χ3n) is 4.05. The lowest BCUT2D eigenvalue weighted by Gasteiger charge is -2.05. The monoisotopic (exact) mass is 360 g/mol. The Bertz CT molecular complexity index is 1160. The fourth-order valence-corrected chi connectivity index (χ4v) is 4.87. The van der Waals surface area contributed by atoms with Gasteiger partial charge in [0.05, 0.1) is 20.4 Å². The number of hydrogen-bond acceptors (Lipinski definition) is 5. The molecule has 0 unspecified atom stereocenters. The van der Waals surface area contributed by atoms with Crippen LogP contribution < -0.4 is 0 Å². The van der Waals surface area contributed by atoms with Crippen molar-refractivity contribution < 1.29 is 5.11 Å². The summed E-state index contributed by atoms with van der Waals surface area (Å²) in [4.78, 5) is 9.51. The van der Waals surface area contributed by atoms with Crippen LogP contribution in [0.4, 0.5) is 0 Å². The van der Waals surface area contributed by atoms with E-state index in [1.807, 2.05) is 42.5 Å². The van der Waals surface area contributed by atoms with Gasteiger partial charge in [0.15, 0.2) is 0 Å². The highest BCUT2D eigenvalue weighted by atomic mass is 32.1. The summed E-state index contributed by atoms with van der Waals surface area (Å²) in [5, 5.41) is 11.9. The molecule has 120 valence electrons. The van der Waals surface area contributed by atoms with Gasteiger partial charge in [0, 0.05) is 11.1 Å². The van der Waals surface area contributed by atoms with Gasteiger partial charge < -0.3 is 5.11 Å². The maximum atomic E-state index is 10.0. The zero-order chi connectivity index (χ0) is 16.8. The van der Waals surface area contributed by atoms with Crippen LogP contribution in [-0.2, 0) is 0 Å². The maximum absolute atomic E-state index is 10.0. The van der Waals surface area contributed by atoms with Crippen LogP contribution in [0.2, 0.25) is 0 Å². The smallest absolute Gasteiger partial charge is 0.125 e. The van der Waals surface area contributed by atoms with Gasteiger partial charge in [0.1, 0.15) is 15.8 Å². The van der Waals surface area contributed by atoms with E-state index in [-0.39, 0.29) is 5.75 Å². The first-order valence-electron chi connectivity index (χ1n) is 7.83. The van der Waals surface area contributed by atoms with Crippen molar-refractivity contribution in [2.45, 2.75) is 0 Å². The molecule has 0 fully saturated rings. The van der Waals surface area contributed by atoms with Crippen LogP contribution in [0.15, 0.2) is 66.7 Å². The van der Waals surface area contributed by atoms with Crippen molar-refractivity contribution in [2.24, 2.45) is 0 Å². The van der Waals surface area contributed by atoms with E-state index in [9.17, 15) is 5.11 Å². The molecule has 3 nitrogen and oxygen atoms in total. The molecule has 0 aliphatic heterocycles. The predicted octanol–water partition coefficient (Wildman–Crippen LogP) is 5.95. The number of hydrogen-bond donors (Lipinski definition) is 1. The molecule has 0 aliphatic carbocycles. The van der Waals surface area contributed by atoms with Crippen LogP contribution in [-0.4, -0.2) is 15.1 Å². The molecular formula is C20H12N2OS2. The Morgan fingerprint density at radius 3 is 1.80 bits per heavy atom. The number of aromatic hydroxyl groups is 1. The van der Waals surface area contributed by atoms with E-state index in [2.05, 4.69) is 12.1 Å². The van der Waals surface area contributed by atoms with Crippen LogP contribution in [0.1, 0.15) is 0 Å². The van der Waals surface area contributed by atoms with Crippen molar-refractivity contribution in [3.8, 4) is 26.9 Å². The topological polar surface area (TPSA) is 46.0 Å². The Morgan fingerprint density at radius 2 is 1.20 bits per heavy atom. The molecule has 0 aliphatic rings. The fourth-order valence-electron chi connectivity index (χ4n) is 2.87. The SMILES string of the molecule is Oc1ccc(-c2nc3ccccc3s2)c(-c2nc3ccccc3s2)c1. The quantitative estimate of drug-likeness (QED) is 0.423. The third kappa shape index (κ3) is 2.49. The molecule has 0 bridgehead atoms. The van der Waals surface area contributed by atoms with Crippen molar-refractivity contribution in [3.05, 3.63) is 66.7 Å². The Morgan fingerprint density at radius 1 is 0.640 bits per heavy atom. The van der Waals surface area contributed by atoms with Gasteiger partial charge in [-0.25, -0.2) is 9.97 Å². The average Bonchev–Trinajstić information content (AvgIpc) is 3.25. The molecule has 0 atom stereocenters. The molecule has 3 aromatic carbocycles. The summed E-state index contributed by atoms with van der Waals surface area (Å²) in [6.07, 6.45) is 0. The summed E-state index contributed by atoms with van der Waals surface area (Å²) < 4.78 is 2.29. The van der Waals surface area contributed by atoms with Gasteiger partial charge in [0.25, 0.3) is 0 Å². The lowest BCUT2D eigenvalue weighted by Crippen LogP contribution is -1.84. The summed E-state index contributed by atoms with van der Waals surface area (Å²) >= 11 is 3.29. The van der Waals surface area contributed by atoms with Crippen LogP contribution in [0, 0.1) is 0 Å². The number of phenolic OH excluding ortho intramolecular Hbond substituents is 1. The van der Waals surface area contributed by atoms with E-state index in [0.717, 1.165) is 41.6 Å². The number of aromatic nitrogens is 2. The van der Waals surface area contributed by atoms with Gasteiger partial charge in [-0.2, -0.15) is 0 Å². The Hall–Kier alpha value is -2.76. The zero-order valence-electron chi connectivity index (χ0n) is 13.0. The Balaban J connectivity index is 1.75. The molecule has 0 saturated heterocycles. The minimum Gasteiger partial charge on any atom is -0.508 e. The van der Waals surface area contributed by atoms with Gasteiger partial charge in [0.2, 0.25) is 0 Å². The Labute approximate surface area is 151 Å². The van der Waals surface area contributed by atoms with E-state index in [1.54, 1.807) is 34.8 Å². The summed E-state index contributed by atoms with van der Waals surface area (Å²) in [7, 11) is 0. The standard InChI is InChI=1S/C20H12N2OS2/c23-12-9-10-13(19-21-15-5-1-3-7-17(15)24-19)14(11-12)20-22-16-6-2-4-8-18(16)25-20/h1-11,23H. The number of fused-ring (bicyclic) bond motifs is 2. The number of nitrogens with zero attached hydrogens (tertiary/aromatic N) is 2. The molecule has 0 amide bonds. The molecule has 0 saturated carbocycles. The van der Waals surface area contributed by atoms with Crippen LogP contribution in [0.3, 0.4) is 0 Å². The molecule has 2 aromatic heterocycles. The minimum atomic E-state index is 0.235. The van der Waals surface area contributed by atoms with E-state index < -0.39 is 0 Å². The lowest BCUT2D eigenvalue weighted by atomic mass is 10.1. The maximum Gasteiger partial charge on any atom is 0.125 e. The normalized spacial score (nSPS) is 11.4.